The number of anilines is 2. The molecule has 9 nitrogen and oxygen atoms in total. The van der Waals surface area contributed by atoms with E-state index in [2.05, 4.69) is 15.8 Å². The Morgan fingerprint density at radius 3 is 2.66 bits per heavy atom. The van der Waals surface area contributed by atoms with Gasteiger partial charge in [-0.15, -0.1) is 0 Å². The molecule has 0 atom stereocenters. The molecule has 1 aliphatic heterocycles. The fourth-order valence-corrected chi connectivity index (χ4v) is 4.30. The molecule has 0 aromatic heterocycles. The maximum absolute atomic E-state index is 12.5. The molecule has 3 N–H and O–H groups in total. The smallest absolute Gasteiger partial charge is 0.228 e. The summed E-state index contributed by atoms with van der Waals surface area (Å²) in [5.74, 6) is 5.94. The number of ether oxygens (including phenoxy) is 1. The minimum absolute atomic E-state index is 0.121. The van der Waals surface area contributed by atoms with Crippen molar-refractivity contribution in [3.8, 4) is 11.5 Å². The van der Waals surface area contributed by atoms with E-state index in [0.29, 0.717) is 33.5 Å². The molecule has 0 unspecified atom stereocenters. The maximum Gasteiger partial charge on any atom is 0.228 e. The van der Waals surface area contributed by atoms with Gasteiger partial charge in [0.15, 0.2) is 0 Å². The zero-order chi connectivity index (χ0) is 24.6. The van der Waals surface area contributed by atoms with Crippen LogP contribution in [0.1, 0.15) is 18.4 Å². The van der Waals surface area contributed by atoms with Crippen LogP contribution in [0.25, 0.3) is 0 Å². The first-order valence-electron chi connectivity index (χ1n) is 10.7. The molecule has 4 rings (SSSR count). The Morgan fingerprint density at radius 2 is 1.94 bits per heavy atom. The molecule has 0 bridgehead atoms. The van der Waals surface area contributed by atoms with Crippen molar-refractivity contribution in [1.82, 2.24) is 0 Å². The summed E-state index contributed by atoms with van der Waals surface area (Å²) < 4.78 is 11.0. The van der Waals surface area contributed by atoms with E-state index in [1.807, 2.05) is 24.3 Å². The van der Waals surface area contributed by atoms with Crippen molar-refractivity contribution in [2.24, 2.45) is 16.3 Å². The van der Waals surface area contributed by atoms with Crippen LogP contribution in [0.15, 0.2) is 82.1 Å². The predicted molar refractivity (Wildman–Crippen MR) is 134 cm³/mol. The molecular formula is C24H22ClN5O4S. The number of halogens is 1. The second-order valence-corrected chi connectivity index (χ2v) is 8.74. The van der Waals surface area contributed by atoms with Crippen LogP contribution < -0.4 is 20.8 Å². The van der Waals surface area contributed by atoms with Crippen LogP contribution in [0.5, 0.6) is 11.5 Å². The van der Waals surface area contributed by atoms with Crippen molar-refractivity contribution in [2.45, 2.75) is 24.2 Å². The highest BCUT2D eigenvalue weighted by Gasteiger charge is 2.21. The van der Waals surface area contributed by atoms with E-state index in [1.165, 1.54) is 0 Å². The summed E-state index contributed by atoms with van der Waals surface area (Å²) in [7, 11) is 0. The topological polar surface area (TPSA) is 119 Å². The van der Waals surface area contributed by atoms with Crippen molar-refractivity contribution >= 4 is 46.8 Å². The number of nitrogens with zero attached hydrogens (tertiary/aromatic N) is 3. The SMILES string of the molecule is NN=NOSc1cc(NC(=O)Cc2ccccc2Cl)ccc1Oc1ccc(N2CCCC2=O)cc1. The molecule has 0 radical (unpaired) electrons. The Kier molecular flexibility index (Phi) is 8.07. The van der Waals surface area contributed by atoms with Gasteiger partial charge >= 0.3 is 0 Å². The number of nitrogens with two attached hydrogens (primary N) is 1. The van der Waals surface area contributed by atoms with Crippen molar-refractivity contribution in [1.29, 1.82) is 0 Å². The number of carbonyl (C=O) groups is 2. The van der Waals surface area contributed by atoms with Crippen LogP contribution in [0.2, 0.25) is 5.02 Å². The Labute approximate surface area is 211 Å². The molecule has 35 heavy (non-hydrogen) atoms. The highest BCUT2D eigenvalue weighted by Crippen LogP contribution is 2.36. The Bertz CT molecular complexity index is 1240. The van der Waals surface area contributed by atoms with E-state index in [0.717, 1.165) is 36.3 Å². The third kappa shape index (κ3) is 6.43. The molecule has 0 saturated carbocycles. The summed E-state index contributed by atoms with van der Waals surface area (Å²) in [4.78, 5) is 26.8. The average molecular weight is 512 g/mol. The van der Waals surface area contributed by atoms with Crippen LogP contribution in [0.3, 0.4) is 0 Å². The average Bonchev–Trinajstić information content (AvgIpc) is 3.28. The summed E-state index contributed by atoms with van der Waals surface area (Å²) in [5.41, 5.74) is 2.10. The van der Waals surface area contributed by atoms with Gasteiger partial charge in [-0.2, -0.15) is 0 Å². The zero-order valence-electron chi connectivity index (χ0n) is 18.5. The molecule has 180 valence electrons. The van der Waals surface area contributed by atoms with E-state index in [1.54, 1.807) is 47.4 Å². The highest BCUT2D eigenvalue weighted by molar-refractivity contribution is 7.94. The van der Waals surface area contributed by atoms with Crippen molar-refractivity contribution < 1.29 is 18.6 Å². The summed E-state index contributed by atoms with van der Waals surface area (Å²) in [6, 6.07) is 19.5. The third-order valence-corrected chi connectivity index (χ3v) is 6.20. The van der Waals surface area contributed by atoms with Crippen LogP contribution in [0, 0.1) is 0 Å². The van der Waals surface area contributed by atoms with Crippen LogP contribution >= 0.6 is 23.6 Å². The standard InChI is InChI=1S/C24H22ClN5O4S/c25-20-5-2-1-4-16(20)14-23(31)27-17-7-12-21(22(15-17)35-34-29-28-26)33-19-10-8-18(9-11-19)30-13-3-6-24(30)32/h1-2,4-5,7-12,15H,3,6,13-14H2,(H2,26,29)(H,27,31). The lowest BCUT2D eigenvalue weighted by Crippen LogP contribution is -2.23. The van der Waals surface area contributed by atoms with Gasteiger partial charge in [-0.05, 0) is 65.7 Å². The van der Waals surface area contributed by atoms with Gasteiger partial charge in [0.05, 0.1) is 16.6 Å². The van der Waals surface area contributed by atoms with E-state index in [9.17, 15) is 9.59 Å². The summed E-state index contributed by atoms with van der Waals surface area (Å²) in [5, 5.41) is 9.75. The van der Waals surface area contributed by atoms with Crippen molar-refractivity contribution in [3.63, 3.8) is 0 Å². The van der Waals surface area contributed by atoms with Gasteiger partial charge in [-0.25, -0.2) is 0 Å². The molecule has 11 heteroatoms. The lowest BCUT2D eigenvalue weighted by molar-refractivity contribution is -0.117. The molecule has 1 fully saturated rings. The Morgan fingerprint density at radius 1 is 1.14 bits per heavy atom. The van der Waals surface area contributed by atoms with Crippen LogP contribution in [-0.2, 0) is 20.3 Å². The fourth-order valence-electron chi connectivity index (χ4n) is 3.57. The second-order valence-electron chi connectivity index (χ2n) is 7.58. The Balaban J connectivity index is 1.48. The van der Waals surface area contributed by atoms with Gasteiger partial charge in [0, 0.05) is 29.4 Å². The monoisotopic (exact) mass is 511 g/mol. The molecule has 2 amide bonds. The van der Waals surface area contributed by atoms with E-state index < -0.39 is 0 Å². The third-order valence-electron chi connectivity index (χ3n) is 5.19. The lowest BCUT2D eigenvalue weighted by atomic mass is 10.1. The largest absolute Gasteiger partial charge is 0.456 e. The minimum Gasteiger partial charge on any atom is -0.456 e. The first-order chi connectivity index (χ1) is 17.0. The Hall–Kier alpha value is -3.76. The molecular weight excluding hydrogens is 490 g/mol. The quantitative estimate of drug-likeness (QED) is 0.164. The number of carbonyl (C=O) groups excluding carboxylic acids is 2. The van der Waals surface area contributed by atoms with Gasteiger partial charge < -0.3 is 20.8 Å². The molecule has 1 aliphatic rings. The first kappa shape index (κ1) is 24.4. The van der Waals surface area contributed by atoms with Gasteiger partial charge in [0.2, 0.25) is 11.8 Å². The summed E-state index contributed by atoms with van der Waals surface area (Å²) in [6.45, 7) is 0.719. The molecule has 1 saturated heterocycles. The zero-order valence-corrected chi connectivity index (χ0v) is 20.1. The van der Waals surface area contributed by atoms with E-state index in [-0.39, 0.29) is 18.2 Å². The highest BCUT2D eigenvalue weighted by atomic mass is 35.5. The normalized spacial score (nSPS) is 13.3. The number of amides is 2. The molecule has 3 aromatic carbocycles. The molecule has 3 aromatic rings. The minimum atomic E-state index is -0.225. The second kappa shape index (κ2) is 11.6. The predicted octanol–water partition coefficient (Wildman–Crippen LogP) is 5.70. The number of nitrogens with one attached hydrogen (secondary N) is 1. The lowest BCUT2D eigenvalue weighted by Gasteiger charge is -2.16. The van der Waals surface area contributed by atoms with E-state index >= 15 is 0 Å². The fraction of sp³-hybridized carbons (Fsp3) is 0.167. The molecule has 0 spiro atoms. The molecule has 0 aliphatic carbocycles. The number of hydrogen-bond donors (Lipinski definition) is 2. The van der Waals surface area contributed by atoms with Crippen LogP contribution in [0.4, 0.5) is 11.4 Å². The van der Waals surface area contributed by atoms with Crippen LogP contribution in [-0.4, -0.2) is 18.4 Å². The maximum atomic E-state index is 12.5. The molecule has 1 heterocycles. The summed E-state index contributed by atoms with van der Waals surface area (Å²) >= 11 is 7.03. The van der Waals surface area contributed by atoms with Gasteiger partial charge in [0.1, 0.15) is 23.5 Å². The van der Waals surface area contributed by atoms with Gasteiger partial charge in [-0.1, -0.05) is 29.8 Å². The van der Waals surface area contributed by atoms with Crippen molar-refractivity contribution in [2.75, 3.05) is 16.8 Å². The van der Waals surface area contributed by atoms with Gasteiger partial charge in [-0.3, -0.25) is 13.9 Å². The number of hydrogen-bond acceptors (Lipinski definition) is 7. The first-order valence-corrected chi connectivity index (χ1v) is 11.8. The van der Waals surface area contributed by atoms with Gasteiger partial charge in [0.25, 0.3) is 0 Å². The van der Waals surface area contributed by atoms with Crippen molar-refractivity contribution in [3.05, 3.63) is 77.3 Å². The van der Waals surface area contributed by atoms with E-state index in [4.69, 9.17) is 26.5 Å². The number of rotatable bonds is 9. The summed E-state index contributed by atoms with van der Waals surface area (Å²) in [6.07, 6.45) is 1.56. The number of benzene rings is 3.